The molecule has 0 aromatic heterocycles. The number of ketones is 2. The molecule has 1 N–H and O–H groups in total. The smallest absolute Gasteiger partial charge is 0.133 e. The highest BCUT2D eigenvalue weighted by Gasteiger charge is 1.99. The molecule has 76 valence electrons. The van der Waals surface area contributed by atoms with Crippen molar-refractivity contribution in [2.24, 2.45) is 0 Å². The second-order valence-corrected chi connectivity index (χ2v) is 3.03. The fourth-order valence-electron chi connectivity index (χ4n) is 0.934. The first-order valence-corrected chi connectivity index (χ1v) is 4.94. The lowest BCUT2D eigenvalue weighted by Gasteiger charge is -2.01. The van der Waals surface area contributed by atoms with Gasteiger partial charge in [0.05, 0.1) is 0 Å². The van der Waals surface area contributed by atoms with E-state index in [1.807, 2.05) is 13.8 Å². The summed E-state index contributed by atoms with van der Waals surface area (Å²) in [6.45, 7) is 5.12. The second-order valence-electron chi connectivity index (χ2n) is 3.03. The average molecular weight is 185 g/mol. The zero-order valence-corrected chi connectivity index (χ0v) is 8.56. The molecule has 0 atom stereocenters. The normalized spacial score (nSPS) is 10.0. The van der Waals surface area contributed by atoms with Gasteiger partial charge in [0, 0.05) is 38.8 Å². The first kappa shape index (κ1) is 12.3. The van der Waals surface area contributed by atoms with Gasteiger partial charge < -0.3 is 5.32 Å². The Morgan fingerprint density at radius 3 is 1.62 bits per heavy atom. The molecular weight excluding hydrogens is 166 g/mol. The van der Waals surface area contributed by atoms with Crippen LogP contribution in [0.15, 0.2) is 0 Å². The van der Waals surface area contributed by atoms with Crippen LogP contribution in [0.3, 0.4) is 0 Å². The van der Waals surface area contributed by atoms with Crippen LogP contribution in [-0.4, -0.2) is 24.7 Å². The number of nitrogens with one attached hydrogen (secondary N) is 1. The minimum absolute atomic E-state index is 0.273. The van der Waals surface area contributed by atoms with E-state index in [1.54, 1.807) is 0 Å². The Bertz CT molecular complexity index is 148. The van der Waals surface area contributed by atoms with Gasteiger partial charge in [0.1, 0.15) is 11.6 Å². The van der Waals surface area contributed by atoms with Crippen molar-refractivity contribution in [3.8, 4) is 0 Å². The van der Waals surface area contributed by atoms with Gasteiger partial charge in [-0.15, -0.1) is 0 Å². The molecule has 13 heavy (non-hydrogen) atoms. The molecule has 0 radical (unpaired) electrons. The Hall–Kier alpha value is -0.700. The predicted molar refractivity (Wildman–Crippen MR) is 52.7 cm³/mol. The highest BCUT2D eigenvalue weighted by atomic mass is 16.1. The van der Waals surface area contributed by atoms with Crippen molar-refractivity contribution in [2.75, 3.05) is 13.1 Å². The summed E-state index contributed by atoms with van der Waals surface area (Å²) in [4.78, 5) is 21.7. The van der Waals surface area contributed by atoms with Gasteiger partial charge in [-0.25, -0.2) is 0 Å². The van der Waals surface area contributed by atoms with Crippen molar-refractivity contribution in [3.05, 3.63) is 0 Å². The van der Waals surface area contributed by atoms with Crippen molar-refractivity contribution in [1.29, 1.82) is 0 Å². The molecule has 0 spiro atoms. The topological polar surface area (TPSA) is 46.2 Å². The summed E-state index contributed by atoms with van der Waals surface area (Å²) in [7, 11) is 0. The van der Waals surface area contributed by atoms with Crippen LogP contribution in [0.4, 0.5) is 0 Å². The summed E-state index contributed by atoms with van der Waals surface area (Å²) in [6.07, 6.45) is 2.37. The molecule has 0 aliphatic rings. The lowest BCUT2D eigenvalue weighted by atomic mass is 10.2. The zero-order valence-electron chi connectivity index (χ0n) is 8.56. The summed E-state index contributed by atoms with van der Waals surface area (Å²) in [5.41, 5.74) is 0. The van der Waals surface area contributed by atoms with Crippen LogP contribution in [-0.2, 0) is 9.59 Å². The van der Waals surface area contributed by atoms with Crippen LogP contribution < -0.4 is 5.32 Å². The van der Waals surface area contributed by atoms with Gasteiger partial charge in [0.15, 0.2) is 0 Å². The molecule has 0 aliphatic carbocycles. The maximum Gasteiger partial charge on any atom is 0.133 e. The fraction of sp³-hybridized carbons (Fsp3) is 0.800. The first-order chi connectivity index (χ1) is 6.20. The van der Waals surface area contributed by atoms with Crippen LogP contribution in [0.5, 0.6) is 0 Å². The fourth-order valence-corrected chi connectivity index (χ4v) is 0.934. The molecule has 0 heterocycles. The third kappa shape index (κ3) is 7.65. The van der Waals surface area contributed by atoms with Crippen molar-refractivity contribution >= 4 is 11.6 Å². The number of hydrogen-bond donors (Lipinski definition) is 1. The van der Waals surface area contributed by atoms with E-state index in [4.69, 9.17) is 0 Å². The molecule has 3 heteroatoms. The Morgan fingerprint density at radius 1 is 0.923 bits per heavy atom. The van der Waals surface area contributed by atoms with Crippen molar-refractivity contribution in [2.45, 2.75) is 39.5 Å². The lowest BCUT2D eigenvalue weighted by Crippen LogP contribution is -2.21. The SMILES string of the molecule is CCC(=O)CCNCCC(=O)CC. The van der Waals surface area contributed by atoms with Gasteiger partial charge in [-0.05, 0) is 0 Å². The maximum absolute atomic E-state index is 10.9. The number of hydrogen-bond acceptors (Lipinski definition) is 3. The van der Waals surface area contributed by atoms with Crippen LogP contribution >= 0.6 is 0 Å². The molecule has 3 nitrogen and oxygen atoms in total. The van der Waals surface area contributed by atoms with Gasteiger partial charge in [0.25, 0.3) is 0 Å². The largest absolute Gasteiger partial charge is 0.316 e. The van der Waals surface area contributed by atoms with E-state index >= 15 is 0 Å². The minimum atomic E-state index is 0.273. The summed E-state index contributed by atoms with van der Waals surface area (Å²) in [6, 6.07) is 0. The standard InChI is InChI=1S/C10H19NO2/c1-3-9(12)5-7-11-8-6-10(13)4-2/h11H,3-8H2,1-2H3. The molecule has 0 amide bonds. The van der Waals surface area contributed by atoms with Crippen LogP contribution in [0, 0.1) is 0 Å². The molecule has 0 bridgehead atoms. The zero-order chi connectivity index (χ0) is 10.1. The molecule has 0 saturated carbocycles. The molecule has 0 aromatic rings. The quantitative estimate of drug-likeness (QED) is 0.580. The van der Waals surface area contributed by atoms with Crippen LogP contribution in [0.1, 0.15) is 39.5 Å². The van der Waals surface area contributed by atoms with Gasteiger partial charge in [0.2, 0.25) is 0 Å². The summed E-state index contributed by atoms with van der Waals surface area (Å²) in [5, 5.41) is 3.07. The number of carbonyl (C=O) groups excluding carboxylic acids is 2. The summed E-state index contributed by atoms with van der Waals surface area (Å²) >= 11 is 0. The Kier molecular flexibility index (Phi) is 7.50. The third-order valence-electron chi connectivity index (χ3n) is 1.95. The van der Waals surface area contributed by atoms with E-state index in [0.717, 1.165) is 0 Å². The highest BCUT2D eigenvalue weighted by Crippen LogP contribution is 1.88. The molecular formula is C10H19NO2. The van der Waals surface area contributed by atoms with E-state index in [0.29, 0.717) is 38.8 Å². The third-order valence-corrected chi connectivity index (χ3v) is 1.95. The van der Waals surface area contributed by atoms with E-state index in [2.05, 4.69) is 5.32 Å². The van der Waals surface area contributed by atoms with Crippen molar-refractivity contribution in [1.82, 2.24) is 5.32 Å². The van der Waals surface area contributed by atoms with E-state index in [1.165, 1.54) is 0 Å². The summed E-state index contributed by atoms with van der Waals surface area (Å²) < 4.78 is 0. The Morgan fingerprint density at radius 2 is 1.31 bits per heavy atom. The van der Waals surface area contributed by atoms with Crippen LogP contribution in [0.25, 0.3) is 0 Å². The van der Waals surface area contributed by atoms with Crippen molar-refractivity contribution in [3.63, 3.8) is 0 Å². The van der Waals surface area contributed by atoms with Crippen molar-refractivity contribution < 1.29 is 9.59 Å². The first-order valence-electron chi connectivity index (χ1n) is 4.94. The van der Waals surface area contributed by atoms with E-state index in [9.17, 15) is 9.59 Å². The average Bonchev–Trinajstić information content (AvgIpc) is 2.16. The van der Waals surface area contributed by atoms with E-state index in [-0.39, 0.29) is 11.6 Å². The molecule has 0 aromatic carbocycles. The molecule has 0 unspecified atom stereocenters. The maximum atomic E-state index is 10.9. The minimum Gasteiger partial charge on any atom is -0.316 e. The molecule has 0 aliphatic heterocycles. The molecule has 0 rings (SSSR count). The molecule has 0 saturated heterocycles. The number of rotatable bonds is 8. The monoisotopic (exact) mass is 185 g/mol. The number of carbonyl (C=O) groups is 2. The molecule has 0 fully saturated rings. The lowest BCUT2D eigenvalue weighted by molar-refractivity contribution is -0.119. The summed E-state index contributed by atoms with van der Waals surface area (Å²) in [5.74, 6) is 0.545. The van der Waals surface area contributed by atoms with Gasteiger partial charge >= 0.3 is 0 Å². The van der Waals surface area contributed by atoms with Gasteiger partial charge in [-0.3, -0.25) is 9.59 Å². The predicted octanol–water partition coefficient (Wildman–Crippen LogP) is 1.31. The Balaban J connectivity index is 3.17. The van der Waals surface area contributed by atoms with Gasteiger partial charge in [-0.2, -0.15) is 0 Å². The van der Waals surface area contributed by atoms with Crippen LogP contribution in [0.2, 0.25) is 0 Å². The Labute approximate surface area is 79.9 Å². The second kappa shape index (κ2) is 7.92. The number of Topliss-reactive ketones (excluding diaryl/α,β-unsaturated/α-hetero) is 2. The van der Waals surface area contributed by atoms with E-state index < -0.39 is 0 Å². The van der Waals surface area contributed by atoms with Gasteiger partial charge in [-0.1, -0.05) is 13.8 Å². The highest BCUT2D eigenvalue weighted by molar-refractivity contribution is 5.78.